The zero-order valence-electron chi connectivity index (χ0n) is 13.3. The second kappa shape index (κ2) is 10.1. The number of amides is 1. The molecule has 1 unspecified atom stereocenters. The Balaban J connectivity index is 0.00000242. The van der Waals surface area contributed by atoms with E-state index in [1.54, 1.807) is 0 Å². The summed E-state index contributed by atoms with van der Waals surface area (Å²) in [6.07, 6.45) is 10.9. The lowest BCUT2D eigenvalue weighted by atomic mass is 9.96. The van der Waals surface area contributed by atoms with Crippen LogP contribution in [0.4, 0.5) is 0 Å². The minimum atomic E-state index is -0.798. The number of aliphatic carboxylic acids is 1. The van der Waals surface area contributed by atoms with Crippen LogP contribution in [-0.2, 0) is 9.59 Å². The average molecular weight is 333 g/mol. The lowest BCUT2D eigenvalue weighted by Gasteiger charge is -2.32. The standard InChI is InChI=1S/C16H28N2O3.ClH/c19-15(17-13-8-4-2-1-3-5-9-13)12-18-11-7-6-10-14(18)16(20)21;/h13-14H,1-12H2,(H,17,19)(H,20,21);1H. The second-order valence-corrected chi connectivity index (χ2v) is 6.43. The van der Waals surface area contributed by atoms with E-state index in [2.05, 4.69) is 5.32 Å². The minimum absolute atomic E-state index is 0. The van der Waals surface area contributed by atoms with Crippen LogP contribution in [0.5, 0.6) is 0 Å². The summed E-state index contributed by atoms with van der Waals surface area (Å²) >= 11 is 0. The van der Waals surface area contributed by atoms with Gasteiger partial charge in [-0.2, -0.15) is 0 Å². The summed E-state index contributed by atoms with van der Waals surface area (Å²) in [5.41, 5.74) is 0. The average Bonchev–Trinajstić information content (AvgIpc) is 2.42. The van der Waals surface area contributed by atoms with E-state index in [0.29, 0.717) is 6.42 Å². The zero-order valence-corrected chi connectivity index (χ0v) is 14.1. The van der Waals surface area contributed by atoms with Crippen LogP contribution in [0.15, 0.2) is 0 Å². The number of carbonyl (C=O) groups is 2. The number of halogens is 1. The Hall–Kier alpha value is -0.810. The van der Waals surface area contributed by atoms with Crippen molar-refractivity contribution in [3.63, 3.8) is 0 Å². The van der Waals surface area contributed by atoms with E-state index in [-0.39, 0.29) is 30.9 Å². The largest absolute Gasteiger partial charge is 0.480 e. The first-order valence-corrected chi connectivity index (χ1v) is 8.43. The molecule has 1 heterocycles. The number of hydrogen-bond donors (Lipinski definition) is 2. The van der Waals surface area contributed by atoms with Crippen molar-refractivity contribution in [3.05, 3.63) is 0 Å². The van der Waals surface area contributed by atoms with E-state index in [9.17, 15) is 14.7 Å². The van der Waals surface area contributed by atoms with Crippen LogP contribution < -0.4 is 5.32 Å². The molecule has 1 saturated heterocycles. The Labute approximate surface area is 139 Å². The molecule has 2 rings (SSSR count). The lowest BCUT2D eigenvalue weighted by molar-refractivity contribution is -0.145. The van der Waals surface area contributed by atoms with Crippen molar-refractivity contribution in [1.29, 1.82) is 0 Å². The molecule has 22 heavy (non-hydrogen) atoms. The summed E-state index contributed by atoms with van der Waals surface area (Å²) in [5.74, 6) is -0.804. The van der Waals surface area contributed by atoms with Crippen LogP contribution in [0, 0.1) is 0 Å². The maximum absolute atomic E-state index is 12.2. The molecule has 0 aromatic carbocycles. The first-order valence-electron chi connectivity index (χ1n) is 8.43. The normalized spacial score (nSPS) is 24.6. The topological polar surface area (TPSA) is 69.6 Å². The van der Waals surface area contributed by atoms with Crippen LogP contribution in [-0.4, -0.2) is 47.1 Å². The molecule has 6 heteroatoms. The maximum atomic E-state index is 12.2. The molecule has 0 aromatic rings. The Bertz CT molecular complexity index is 357. The second-order valence-electron chi connectivity index (χ2n) is 6.43. The number of likely N-dealkylation sites (tertiary alicyclic amines) is 1. The third-order valence-electron chi connectivity index (χ3n) is 4.72. The van der Waals surface area contributed by atoms with Crippen LogP contribution in [0.3, 0.4) is 0 Å². The third kappa shape index (κ3) is 6.13. The van der Waals surface area contributed by atoms with E-state index in [4.69, 9.17) is 0 Å². The third-order valence-corrected chi connectivity index (χ3v) is 4.72. The van der Waals surface area contributed by atoms with Crippen LogP contribution in [0.2, 0.25) is 0 Å². The molecular weight excluding hydrogens is 304 g/mol. The fourth-order valence-electron chi connectivity index (χ4n) is 3.52. The maximum Gasteiger partial charge on any atom is 0.320 e. The zero-order chi connectivity index (χ0) is 15.1. The number of carboxylic acids is 1. The number of nitrogens with one attached hydrogen (secondary N) is 1. The van der Waals surface area contributed by atoms with Crippen molar-refractivity contribution < 1.29 is 14.7 Å². The number of piperidine rings is 1. The molecule has 1 aliphatic heterocycles. The van der Waals surface area contributed by atoms with Gasteiger partial charge in [-0.15, -0.1) is 12.4 Å². The molecule has 0 bridgehead atoms. The van der Waals surface area contributed by atoms with Gasteiger partial charge in [-0.1, -0.05) is 38.5 Å². The van der Waals surface area contributed by atoms with E-state index >= 15 is 0 Å². The van der Waals surface area contributed by atoms with E-state index < -0.39 is 12.0 Å². The molecular formula is C16H29ClN2O3. The molecule has 1 atom stereocenters. The highest BCUT2D eigenvalue weighted by molar-refractivity contribution is 5.85. The minimum Gasteiger partial charge on any atom is -0.480 e. The van der Waals surface area contributed by atoms with Gasteiger partial charge in [0.25, 0.3) is 0 Å². The highest BCUT2D eigenvalue weighted by Crippen LogP contribution is 2.18. The highest BCUT2D eigenvalue weighted by atomic mass is 35.5. The van der Waals surface area contributed by atoms with Gasteiger partial charge in [0.1, 0.15) is 6.04 Å². The molecule has 1 saturated carbocycles. The molecule has 0 radical (unpaired) electrons. The first-order chi connectivity index (χ1) is 10.2. The van der Waals surface area contributed by atoms with Gasteiger partial charge < -0.3 is 10.4 Å². The lowest BCUT2D eigenvalue weighted by Crippen LogP contribution is -2.50. The van der Waals surface area contributed by atoms with Gasteiger partial charge in [-0.3, -0.25) is 14.5 Å². The molecule has 2 aliphatic rings. The number of hydrogen-bond acceptors (Lipinski definition) is 3. The summed E-state index contributed by atoms with van der Waals surface area (Å²) < 4.78 is 0. The van der Waals surface area contributed by atoms with E-state index in [0.717, 1.165) is 32.2 Å². The van der Waals surface area contributed by atoms with Crippen LogP contribution in [0.25, 0.3) is 0 Å². The molecule has 1 amide bonds. The molecule has 2 N–H and O–H groups in total. The monoisotopic (exact) mass is 332 g/mol. The van der Waals surface area contributed by atoms with Crippen molar-refractivity contribution in [1.82, 2.24) is 10.2 Å². The Morgan fingerprint density at radius 2 is 1.55 bits per heavy atom. The SMILES string of the molecule is Cl.O=C(CN1CCCCC1C(=O)O)NC1CCCCCCC1. The van der Waals surface area contributed by atoms with Crippen molar-refractivity contribution in [2.24, 2.45) is 0 Å². The molecule has 0 spiro atoms. The number of nitrogens with zero attached hydrogens (tertiary/aromatic N) is 1. The van der Waals surface area contributed by atoms with Gasteiger partial charge in [0.05, 0.1) is 6.54 Å². The van der Waals surface area contributed by atoms with Crippen molar-refractivity contribution in [2.75, 3.05) is 13.1 Å². The molecule has 0 aromatic heterocycles. The fraction of sp³-hybridized carbons (Fsp3) is 0.875. The predicted octanol–water partition coefficient (Wildman–Crippen LogP) is 2.58. The summed E-state index contributed by atoms with van der Waals surface area (Å²) in [6.45, 7) is 0.947. The van der Waals surface area contributed by atoms with Gasteiger partial charge in [0.15, 0.2) is 0 Å². The first kappa shape index (κ1) is 19.2. The van der Waals surface area contributed by atoms with Gasteiger partial charge in [-0.05, 0) is 32.2 Å². The molecule has 128 valence electrons. The Morgan fingerprint density at radius 3 is 2.18 bits per heavy atom. The van der Waals surface area contributed by atoms with Gasteiger partial charge >= 0.3 is 5.97 Å². The van der Waals surface area contributed by atoms with Gasteiger partial charge in [0, 0.05) is 6.04 Å². The van der Waals surface area contributed by atoms with Crippen LogP contribution >= 0.6 is 12.4 Å². The van der Waals surface area contributed by atoms with Crippen molar-refractivity contribution in [2.45, 2.75) is 76.3 Å². The van der Waals surface area contributed by atoms with Gasteiger partial charge in [-0.25, -0.2) is 0 Å². The smallest absolute Gasteiger partial charge is 0.320 e. The predicted molar refractivity (Wildman–Crippen MR) is 88.3 cm³/mol. The number of carbonyl (C=O) groups excluding carboxylic acids is 1. The summed E-state index contributed by atoms with van der Waals surface area (Å²) in [4.78, 5) is 25.3. The van der Waals surface area contributed by atoms with E-state index in [1.807, 2.05) is 4.90 Å². The summed E-state index contributed by atoms with van der Waals surface area (Å²) in [6, 6.07) is -0.201. The van der Waals surface area contributed by atoms with Crippen molar-refractivity contribution in [3.8, 4) is 0 Å². The Kier molecular flexibility index (Phi) is 8.79. The highest BCUT2D eigenvalue weighted by Gasteiger charge is 2.30. The molecule has 1 aliphatic carbocycles. The molecule has 2 fully saturated rings. The molecule has 5 nitrogen and oxygen atoms in total. The van der Waals surface area contributed by atoms with Gasteiger partial charge in [0.2, 0.25) is 5.91 Å². The summed E-state index contributed by atoms with van der Waals surface area (Å²) in [7, 11) is 0. The summed E-state index contributed by atoms with van der Waals surface area (Å²) in [5, 5.41) is 12.4. The number of rotatable bonds is 4. The van der Waals surface area contributed by atoms with E-state index in [1.165, 1.54) is 32.1 Å². The fourth-order valence-corrected chi connectivity index (χ4v) is 3.52. The quantitative estimate of drug-likeness (QED) is 0.830. The van der Waals surface area contributed by atoms with Crippen LogP contribution in [0.1, 0.15) is 64.2 Å². The number of carboxylic acid groups (broad SMARTS) is 1. The Morgan fingerprint density at radius 1 is 0.955 bits per heavy atom. The van der Waals surface area contributed by atoms with Crippen molar-refractivity contribution >= 4 is 24.3 Å².